The maximum absolute atomic E-state index is 11.7. The van der Waals surface area contributed by atoms with Crippen molar-refractivity contribution in [2.24, 2.45) is 5.14 Å². The molecule has 2 N–H and O–H groups in total. The number of fused-ring (bicyclic) bond motifs is 1. The molecular weight excluding hydrogens is 270 g/mol. The third-order valence-corrected chi connectivity index (χ3v) is 5.00. The van der Waals surface area contributed by atoms with Crippen molar-refractivity contribution in [3.05, 3.63) is 65.2 Å². The minimum atomic E-state index is -3.66. The number of hydrogen-bond acceptors (Lipinski definition) is 2. The van der Waals surface area contributed by atoms with E-state index in [1.807, 2.05) is 18.2 Å². The number of nitrogens with two attached hydrogens (primary N) is 1. The summed E-state index contributed by atoms with van der Waals surface area (Å²) < 4.78 is 23.4. The van der Waals surface area contributed by atoms with Crippen molar-refractivity contribution in [2.45, 2.75) is 30.1 Å². The molecule has 0 heterocycles. The van der Waals surface area contributed by atoms with E-state index >= 15 is 0 Å². The first-order valence-corrected chi connectivity index (χ1v) is 8.29. The molecule has 2 aromatic carbocycles. The monoisotopic (exact) mass is 287 g/mol. The van der Waals surface area contributed by atoms with Crippen molar-refractivity contribution in [3.8, 4) is 0 Å². The Labute approximate surface area is 119 Å². The van der Waals surface area contributed by atoms with Crippen LogP contribution in [0.4, 0.5) is 0 Å². The molecule has 3 rings (SSSR count). The minimum Gasteiger partial charge on any atom is -0.225 e. The first-order chi connectivity index (χ1) is 9.55. The van der Waals surface area contributed by atoms with Gasteiger partial charge >= 0.3 is 0 Å². The molecule has 0 aromatic heterocycles. The Hall–Kier alpha value is -1.65. The Morgan fingerprint density at radius 3 is 2.35 bits per heavy atom. The highest BCUT2D eigenvalue weighted by molar-refractivity contribution is 7.89. The molecule has 1 aliphatic carbocycles. The van der Waals surface area contributed by atoms with Gasteiger partial charge in [-0.05, 0) is 47.9 Å². The highest BCUT2D eigenvalue weighted by Crippen LogP contribution is 2.35. The second-order valence-electron chi connectivity index (χ2n) is 5.29. The molecule has 0 aliphatic heterocycles. The molecule has 0 fully saturated rings. The van der Waals surface area contributed by atoms with Crippen LogP contribution in [-0.2, 0) is 22.9 Å². The second-order valence-corrected chi connectivity index (χ2v) is 6.82. The van der Waals surface area contributed by atoms with Crippen LogP contribution in [0.1, 0.15) is 29.0 Å². The molecule has 4 heteroatoms. The number of aryl methyl sites for hydroxylation is 1. The molecule has 0 spiro atoms. The van der Waals surface area contributed by atoms with E-state index in [0.29, 0.717) is 0 Å². The summed E-state index contributed by atoms with van der Waals surface area (Å²) in [5.74, 6) is 0.222. The van der Waals surface area contributed by atoms with Crippen molar-refractivity contribution in [3.63, 3.8) is 0 Å². The van der Waals surface area contributed by atoms with Gasteiger partial charge in [0.25, 0.3) is 0 Å². The summed E-state index contributed by atoms with van der Waals surface area (Å²) in [6, 6.07) is 15.5. The predicted molar refractivity (Wildman–Crippen MR) is 79.0 cm³/mol. The van der Waals surface area contributed by atoms with Gasteiger partial charge in [0, 0.05) is 0 Å². The van der Waals surface area contributed by atoms with E-state index in [1.165, 1.54) is 11.1 Å². The standard InChI is InChI=1S/C16H17NO2S/c17-20(18,19)16-8-4-3-7-15(16)14-10-9-12-5-1-2-6-13(12)11-14/h1-8,14H,9-11H2,(H2,17,18,19). The van der Waals surface area contributed by atoms with Crippen LogP contribution in [0.5, 0.6) is 0 Å². The van der Waals surface area contributed by atoms with E-state index in [9.17, 15) is 8.42 Å². The quantitative estimate of drug-likeness (QED) is 0.923. The lowest BCUT2D eigenvalue weighted by molar-refractivity contribution is 0.566. The average Bonchev–Trinajstić information content (AvgIpc) is 2.46. The van der Waals surface area contributed by atoms with Crippen molar-refractivity contribution < 1.29 is 8.42 Å². The Bertz CT molecular complexity index is 738. The SMILES string of the molecule is NS(=O)(=O)c1ccccc1C1CCc2ccccc2C1. The van der Waals surface area contributed by atoms with Gasteiger partial charge in [0.1, 0.15) is 0 Å². The van der Waals surface area contributed by atoms with Crippen molar-refractivity contribution in [1.82, 2.24) is 0 Å². The van der Waals surface area contributed by atoms with Gasteiger partial charge in [-0.2, -0.15) is 0 Å². The Balaban J connectivity index is 2.01. The van der Waals surface area contributed by atoms with Gasteiger partial charge in [0.2, 0.25) is 10.0 Å². The summed E-state index contributed by atoms with van der Waals surface area (Å²) in [5.41, 5.74) is 3.54. The van der Waals surface area contributed by atoms with Crippen LogP contribution in [-0.4, -0.2) is 8.42 Å². The fraction of sp³-hybridized carbons (Fsp3) is 0.250. The number of hydrogen-bond donors (Lipinski definition) is 1. The number of rotatable bonds is 2. The summed E-state index contributed by atoms with van der Waals surface area (Å²) in [5, 5.41) is 5.33. The molecule has 1 atom stereocenters. The van der Waals surface area contributed by atoms with E-state index in [2.05, 4.69) is 18.2 Å². The molecule has 104 valence electrons. The van der Waals surface area contributed by atoms with Crippen LogP contribution in [0.15, 0.2) is 53.4 Å². The van der Waals surface area contributed by atoms with Gasteiger partial charge in [0.15, 0.2) is 0 Å². The van der Waals surface area contributed by atoms with Crippen LogP contribution < -0.4 is 5.14 Å². The Morgan fingerprint density at radius 1 is 0.950 bits per heavy atom. The highest BCUT2D eigenvalue weighted by atomic mass is 32.2. The molecule has 0 saturated carbocycles. The number of sulfonamides is 1. The first kappa shape index (κ1) is 13.3. The fourth-order valence-corrected chi connectivity index (χ4v) is 3.87. The summed E-state index contributed by atoms with van der Waals surface area (Å²) in [7, 11) is -3.66. The lowest BCUT2D eigenvalue weighted by Crippen LogP contribution is -2.19. The molecule has 0 saturated heterocycles. The molecule has 0 bridgehead atoms. The van der Waals surface area contributed by atoms with Gasteiger partial charge in [-0.3, -0.25) is 0 Å². The zero-order chi connectivity index (χ0) is 14.2. The van der Waals surface area contributed by atoms with E-state index < -0.39 is 10.0 Å². The zero-order valence-electron chi connectivity index (χ0n) is 11.1. The fourth-order valence-electron chi connectivity index (χ4n) is 3.04. The molecule has 0 radical (unpaired) electrons. The second kappa shape index (κ2) is 5.04. The van der Waals surface area contributed by atoms with Gasteiger partial charge < -0.3 is 0 Å². The van der Waals surface area contributed by atoms with Crippen LogP contribution >= 0.6 is 0 Å². The minimum absolute atomic E-state index is 0.222. The maximum atomic E-state index is 11.7. The predicted octanol–water partition coefficient (Wildman–Crippen LogP) is 2.61. The number of primary sulfonamides is 1. The Morgan fingerprint density at radius 2 is 1.60 bits per heavy atom. The van der Waals surface area contributed by atoms with Crippen molar-refractivity contribution >= 4 is 10.0 Å². The molecule has 2 aromatic rings. The topological polar surface area (TPSA) is 60.2 Å². The van der Waals surface area contributed by atoms with Crippen LogP contribution in [0.3, 0.4) is 0 Å². The normalized spacial score (nSPS) is 18.6. The van der Waals surface area contributed by atoms with Crippen molar-refractivity contribution in [1.29, 1.82) is 0 Å². The zero-order valence-corrected chi connectivity index (χ0v) is 11.9. The van der Waals surface area contributed by atoms with E-state index in [4.69, 9.17) is 5.14 Å². The Kier molecular flexibility index (Phi) is 3.36. The lowest BCUT2D eigenvalue weighted by Gasteiger charge is -2.26. The van der Waals surface area contributed by atoms with E-state index in [1.54, 1.807) is 12.1 Å². The third kappa shape index (κ3) is 2.49. The van der Waals surface area contributed by atoms with Crippen LogP contribution in [0.2, 0.25) is 0 Å². The smallest absolute Gasteiger partial charge is 0.225 e. The maximum Gasteiger partial charge on any atom is 0.238 e. The van der Waals surface area contributed by atoms with Gasteiger partial charge in [0.05, 0.1) is 4.90 Å². The van der Waals surface area contributed by atoms with Crippen LogP contribution in [0, 0.1) is 0 Å². The average molecular weight is 287 g/mol. The van der Waals surface area contributed by atoms with E-state index in [0.717, 1.165) is 24.8 Å². The van der Waals surface area contributed by atoms with Gasteiger partial charge in [-0.25, -0.2) is 13.6 Å². The largest absolute Gasteiger partial charge is 0.238 e. The summed E-state index contributed by atoms with van der Waals surface area (Å²) in [4.78, 5) is 0.268. The van der Waals surface area contributed by atoms with E-state index in [-0.39, 0.29) is 10.8 Å². The molecule has 1 unspecified atom stereocenters. The molecule has 0 amide bonds. The first-order valence-electron chi connectivity index (χ1n) is 6.74. The molecular formula is C16H17NO2S. The molecule has 1 aliphatic rings. The third-order valence-electron chi connectivity index (χ3n) is 4.01. The lowest BCUT2D eigenvalue weighted by atomic mass is 9.80. The molecule has 20 heavy (non-hydrogen) atoms. The molecule has 3 nitrogen and oxygen atoms in total. The highest BCUT2D eigenvalue weighted by Gasteiger charge is 2.24. The summed E-state index contributed by atoms with van der Waals surface area (Å²) >= 11 is 0. The van der Waals surface area contributed by atoms with Gasteiger partial charge in [-0.1, -0.05) is 42.5 Å². The van der Waals surface area contributed by atoms with Gasteiger partial charge in [-0.15, -0.1) is 0 Å². The summed E-state index contributed by atoms with van der Waals surface area (Å²) in [6.07, 6.45) is 2.83. The van der Waals surface area contributed by atoms with Crippen LogP contribution in [0.25, 0.3) is 0 Å². The number of benzene rings is 2. The summed E-state index contributed by atoms with van der Waals surface area (Å²) in [6.45, 7) is 0. The van der Waals surface area contributed by atoms with Crippen molar-refractivity contribution in [2.75, 3.05) is 0 Å².